The van der Waals surface area contributed by atoms with Gasteiger partial charge >= 0.3 is 0 Å². The van der Waals surface area contributed by atoms with Crippen LogP contribution in [0, 0.1) is 5.95 Å². The highest BCUT2D eigenvalue weighted by Crippen LogP contribution is 1.97. The Kier molecular flexibility index (Phi) is 5.03. The number of nitrogens with zero attached hydrogens (tertiary/aromatic N) is 2. The number of halogens is 1. The average Bonchev–Trinajstić information content (AvgIpc) is 2.28. The van der Waals surface area contributed by atoms with E-state index in [1.54, 1.807) is 0 Å². The zero-order valence-electron chi connectivity index (χ0n) is 10.4. The summed E-state index contributed by atoms with van der Waals surface area (Å²) in [6.07, 6.45) is 0. The van der Waals surface area contributed by atoms with E-state index in [1.807, 2.05) is 7.05 Å². The van der Waals surface area contributed by atoms with Crippen LogP contribution >= 0.6 is 0 Å². The van der Waals surface area contributed by atoms with E-state index in [9.17, 15) is 9.18 Å². The summed E-state index contributed by atoms with van der Waals surface area (Å²) in [4.78, 5) is 17.2. The van der Waals surface area contributed by atoms with Crippen LogP contribution in [0.1, 0.15) is 24.3 Å². The molecule has 0 radical (unpaired) electrons. The molecule has 1 aromatic heterocycles. The lowest BCUT2D eigenvalue weighted by Gasteiger charge is -2.20. The molecule has 5 heteroatoms. The van der Waals surface area contributed by atoms with E-state index in [2.05, 4.69) is 29.0 Å². The second kappa shape index (κ2) is 6.30. The van der Waals surface area contributed by atoms with Crippen LogP contribution < -0.4 is 5.32 Å². The molecule has 0 bridgehead atoms. The van der Waals surface area contributed by atoms with Gasteiger partial charge in [-0.1, -0.05) is 6.07 Å². The van der Waals surface area contributed by atoms with E-state index in [-0.39, 0.29) is 11.6 Å². The maximum absolute atomic E-state index is 12.8. The zero-order valence-corrected chi connectivity index (χ0v) is 10.4. The second-order valence-electron chi connectivity index (χ2n) is 4.18. The molecule has 94 valence electrons. The van der Waals surface area contributed by atoms with Crippen LogP contribution in [0.15, 0.2) is 18.2 Å². The van der Waals surface area contributed by atoms with Crippen LogP contribution in [0.3, 0.4) is 0 Å². The van der Waals surface area contributed by atoms with Crippen molar-refractivity contribution in [2.45, 2.75) is 19.9 Å². The number of nitrogens with one attached hydrogen (secondary N) is 1. The largest absolute Gasteiger partial charge is 0.349 e. The lowest BCUT2D eigenvalue weighted by atomic mass is 10.3. The van der Waals surface area contributed by atoms with Gasteiger partial charge in [0.05, 0.1) is 0 Å². The topological polar surface area (TPSA) is 45.2 Å². The highest BCUT2D eigenvalue weighted by Gasteiger charge is 2.08. The number of likely N-dealkylation sites (N-methyl/N-ethyl adjacent to an activating group) is 1. The van der Waals surface area contributed by atoms with Crippen molar-refractivity contribution in [3.8, 4) is 0 Å². The molecule has 1 heterocycles. The third kappa shape index (κ3) is 4.48. The van der Waals surface area contributed by atoms with Crippen molar-refractivity contribution >= 4 is 5.91 Å². The Hall–Kier alpha value is -1.49. The fraction of sp³-hybridized carbons (Fsp3) is 0.500. The number of aromatic nitrogens is 1. The van der Waals surface area contributed by atoms with Gasteiger partial charge in [-0.3, -0.25) is 4.79 Å². The first-order chi connectivity index (χ1) is 8.00. The minimum Gasteiger partial charge on any atom is -0.349 e. The molecule has 1 rings (SSSR count). The lowest BCUT2D eigenvalue weighted by Crippen LogP contribution is -2.36. The molecule has 0 saturated carbocycles. The molecule has 4 nitrogen and oxygen atoms in total. The summed E-state index contributed by atoms with van der Waals surface area (Å²) in [5.41, 5.74) is 0.109. The van der Waals surface area contributed by atoms with Gasteiger partial charge in [-0.15, -0.1) is 0 Å². The average molecular weight is 239 g/mol. The Bertz CT molecular complexity index is 382. The van der Waals surface area contributed by atoms with Gasteiger partial charge in [0.2, 0.25) is 5.95 Å². The summed E-state index contributed by atoms with van der Waals surface area (Å²) < 4.78 is 12.8. The van der Waals surface area contributed by atoms with Gasteiger partial charge in [0.25, 0.3) is 5.91 Å². The van der Waals surface area contributed by atoms with E-state index >= 15 is 0 Å². The Morgan fingerprint density at radius 2 is 2.24 bits per heavy atom. The zero-order chi connectivity index (χ0) is 12.8. The number of carbonyl (C=O) groups is 1. The molecule has 0 fully saturated rings. The second-order valence-corrected chi connectivity index (χ2v) is 4.18. The summed E-state index contributed by atoms with van der Waals surface area (Å²) in [6.45, 7) is 5.43. The third-order valence-corrected chi connectivity index (χ3v) is 2.58. The van der Waals surface area contributed by atoms with Gasteiger partial charge in [0.15, 0.2) is 0 Å². The summed E-state index contributed by atoms with van der Waals surface area (Å²) >= 11 is 0. The Labute approximate surface area is 101 Å². The number of pyridine rings is 1. The maximum atomic E-state index is 12.8. The van der Waals surface area contributed by atoms with Crippen molar-refractivity contribution in [3.05, 3.63) is 29.8 Å². The summed E-state index contributed by atoms with van der Waals surface area (Å²) in [5, 5.41) is 2.70. The fourth-order valence-corrected chi connectivity index (χ4v) is 1.23. The first-order valence-corrected chi connectivity index (χ1v) is 5.61. The van der Waals surface area contributed by atoms with Crippen molar-refractivity contribution in [2.24, 2.45) is 0 Å². The number of hydrogen-bond acceptors (Lipinski definition) is 3. The Morgan fingerprint density at radius 1 is 1.53 bits per heavy atom. The van der Waals surface area contributed by atoms with E-state index in [0.717, 1.165) is 6.54 Å². The summed E-state index contributed by atoms with van der Waals surface area (Å²) in [6, 6.07) is 4.60. The van der Waals surface area contributed by atoms with Crippen LogP contribution in [0.5, 0.6) is 0 Å². The first kappa shape index (κ1) is 13.6. The molecule has 0 aliphatic heterocycles. The summed E-state index contributed by atoms with van der Waals surface area (Å²) in [5.74, 6) is -0.987. The quantitative estimate of drug-likeness (QED) is 0.787. The van der Waals surface area contributed by atoms with Gasteiger partial charge in [-0.2, -0.15) is 4.39 Å². The molecule has 0 spiro atoms. The Morgan fingerprint density at radius 3 is 2.82 bits per heavy atom. The molecule has 1 aromatic rings. The standard InChI is InChI=1S/C12H18FN3O/c1-9(2)16(3)8-7-14-12(17)10-5-4-6-11(13)15-10/h4-6,9H,7-8H2,1-3H3,(H,14,17). The first-order valence-electron chi connectivity index (χ1n) is 5.61. The third-order valence-electron chi connectivity index (χ3n) is 2.58. The molecular weight excluding hydrogens is 221 g/mol. The van der Waals surface area contributed by atoms with Gasteiger partial charge < -0.3 is 10.2 Å². The number of amides is 1. The molecule has 0 unspecified atom stereocenters. The molecule has 0 aromatic carbocycles. The van der Waals surface area contributed by atoms with Crippen molar-refractivity contribution in [1.29, 1.82) is 0 Å². The van der Waals surface area contributed by atoms with E-state index in [1.165, 1.54) is 18.2 Å². The van der Waals surface area contributed by atoms with Crippen molar-refractivity contribution in [1.82, 2.24) is 15.2 Å². The van der Waals surface area contributed by atoms with E-state index < -0.39 is 5.95 Å². The molecule has 17 heavy (non-hydrogen) atoms. The minimum atomic E-state index is -0.642. The smallest absolute Gasteiger partial charge is 0.270 e. The molecule has 0 aliphatic carbocycles. The van der Waals surface area contributed by atoms with Crippen LogP contribution in [-0.4, -0.2) is 42.0 Å². The highest BCUT2D eigenvalue weighted by molar-refractivity contribution is 5.92. The number of hydrogen-bond donors (Lipinski definition) is 1. The molecule has 1 N–H and O–H groups in total. The van der Waals surface area contributed by atoms with Gasteiger partial charge in [-0.25, -0.2) is 4.98 Å². The highest BCUT2D eigenvalue weighted by atomic mass is 19.1. The number of rotatable bonds is 5. The minimum absolute atomic E-state index is 0.109. The molecule has 0 aliphatic rings. The Balaban J connectivity index is 2.40. The van der Waals surface area contributed by atoms with Crippen LogP contribution in [0.25, 0.3) is 0 Å². The lowest BCUT2D eigenvalue weighted by molar-refractivity contribution is 0.0942. The van der Waals surface area contributed by atoms with Gasteiger partial charge in [-0.05, 0) is 33.0 Å². The predicted octanol–water partition coefficient (Wildman–Crippen LogP) is 1.29. The fourth-order valence-electron chi connectivity index (χ4n) is 1.23. The maximum Gasteiger partial charge on any atom is 0.270 e. The van der Waals surface area contributed by atoms with Crippen molar-refractivity contribution in [3.63, 3.8) is 0 Å². The van der Waals surface area contributed by atoms with Crippen molar-refractivity contribution < 1.29 is 9.18 Å². The normalized spacial score (nSPS) is 10.9. The van der Waals surface area contributed by atoms with Gasteiger partial charge in [0.1, 0.15) is 5.69 Å². The summed E-state index contributed by atoms with van der Waals surface area (Å²) in [7, 11) is 1.98. The molecular formula is C12H18FN3O. The van der Waals surface area contributed by atoms with Crippen molar-refractivity contribution in [2.75, 3.05) is 20.1 Å². The van der Waals surface area contributed by atoms with Crippen LogP contribution in [-0.2, 0) is 0 Å². The predicted molar refractivity (Wildman–Crippen MR) is 64.3 cm³/mol. The van der Waals surface area contributed by atoms with Gasteiger partial charge in [0, 0.05) is 19.1 Å². The van der Waals surface area contributed by atoms with Crippen LogP contribution in [0.4, 0.5) is 4.39 Å². The van der Waals surface area contributed by atoms with E-state index in [0.29, 0.717) is 12.6 Å². The number of carbonyl (C=O) groups excluding carboxylic acids is 1. The molecule has 0 saturated heterocycles. The van der Waals surface area contributed by atoms with E-state index in [4.69, 9.17) is 0 Å². The monoisotopic (exact) mass is 239 g/mol. The molecule has 1 amide bonds. The van der Waals surface area contributed by atoms with Crippen LogP contribution in [0.2, 0.25) is 0 Å². The SMILES string of the molecule is CC(C)N(C)CCNC(=O)c1cccc(F)n1. The molecule has 0 atom stereocenters.